The number of halogens is 1. The Morgan fingerprint density at radius 1 is 1.47 bits per heavy atom. The number of rotatable bonds is 4. The standard InChI is InChI=1S/C12H16FNO/c1-12(5-6-12)14-8-9-3-4-10(15-2)7-11(9)13/h3-4,7,14H,5-6,8H2,1-2H3. The number of benzene rings is 1. The lowest BCUT2D eigenvalue weighted by atomic mass is 10.2. The fraction of sp³-hybridized carbons (Fsp3) is 0.500. The van der Waals surface area contributed by atoms with Crippen molar-refractivity contribution < 1.29 is 9.13 Å². The molecule has 0 heterocycles. The predicted octanol–water partition coefficient (Wildman–Crippen LogP) is 2.48. The lowest BCUT2D eigenvalue weighted by Crippen LogP contribution is -2.27. The smallest absolute Gasteiger partial charge is 0.131 e. The molecule has 2 rings (SSSR count). The van der Waals surface area contributed by atoms with Gasteiger partial charge in [-0.25, -0.2) is 4.39 Å². The Morgan fingerprint density at radius 2 is 2.20 bits per heavy atom. The second-order valence-corrected chi connectivity index (χ2v) is 4.37. The summed E-state index contributed by atoms with van der Waals surface area (Å²) in [6, 6.07) is 4.98. The second-order valence-electron chi connectivity index (χ2n) is 4.37. The van der Waals surface area contributed by atoms with Gasteiger partial charge in [0.05, 0.1) is 7.11 Å². The number of ether oxygens (including phenoxy) is 1. The van der Waals surface area contributed by atoms with Crippen molar-refractivity contribution in [2.24, 2.45) is 0 Å². The monoisotopic (exact) mass is 209 g/mol. The Hall–Kier alpha value is -1.09. The molecule has 1 N–H and O–H groups in total. The Bertz CT molecular complexity index is 361. The molecule has 1 aromatic rings. The molecule has 0 unspecified atom stereocenters. The predicted molar refractivity (Wildman–Crippen MR) is 57.4 cm³/mol. The third kappa shape index (κ3) is 2.48. The molecule has 0 saturated heterocycles. The number of methoxy groups -OCH3 is 1. The van der Waals surface area contributed by atoms with Crippen molar-refractivity contribution in [1.29, 1.82) is 0 Å². The number of nitrogens with one attached hydrogen (secondary N) is 1. The van der Waals surface area contributed by atoms with E-state index in [1.165, 1.54) is 26.0 Å². The van der Waals surface area contributed by atoms with Crippen LogP contribution in [0, 0.1) is 5.82 Å². The number of hydrogen-bond acceptors (Lipinski definition) is 2. The maximum Gasteiger partial charge on any atom is 0.131 e. The molecule has 15 heavy (non-hydrogen) atoms. The van der Waals surface area contributed by atoms with E-state index in [1.807, 2.05) is 0 Å². The summed E-state index contributed by atoms with van der Waals surface area (Å²) < 4.78 is 18.5. The van der Waals surface area contributed by atoms with E-state index in [2.05, 4.69) is 12.2 Å². The summed E-state index contributed by atoms with van der Waals surface area (Å²) in [6.45, 7) is 2.75. The van der Waals surface area contributed by atoms with E-state index in [4.69, 9.17) is 4.74 Å². The van der Waals surface area contributed by atoms with Crippen molar-refractivity contribution in [3.8, 4) is 5.75 Å². The van der Waals surface area contributed by atoms with Crippen LogP contribution >= 0.6 is 0 Å². The quantitative estimate of drug-likeness (QED) is 0.822. The molecule has 2 nitrogen and oxygen atoms in total. The minimum Gasteiger partial charge on any atom is -0.497 e. The lowest BCUT2D eigenvalue weighted by Gasteiger charge is -2.12. The highest BCUT2D eigenvalue weighted by Gasteiger charge is 2.36. The summed E-state index contributed by atoms with van der Waals surface area (Å²) in [4.78, 5) is 0. The molecule has 0 aliphatic heterocycles. The zero-order valence-corrected chi connectivity index (χ0v) is 9.14. The van der Waals surface area contributed by atoms with Gasteiger partial charge in [-0.1, -0.05) is 6.07 Å². The Labute approximate surface area is 89.4 Å². The first-order chi connectivity index (χ1) is 7.13. The van der Waals surface area contributed by atoms with Gasteiger partial charge >= 0.3 is 0 Å². The van der Waals surface area contributed by atoms with Crippen LogP contribution in [0.1, 0.15) is 25.3 Å². The van der Waals surface area contributed by atoms with Gasteiger partial charge in [0, 0.05) is 23.7 Å². The zero-order valence-electron chi connectivity index (χ0n) is 9.14. The van der Waals surface area contributed by atoms with Crippen LogP contribution < -0.4 is 10.1 Å². The van der Waals surface area contributed by atoms with E-state index in [9.17, 15) is 4.39 Å². The van der Waals surface area contributed by atoms with Crippen LogP contribution in [0.25, 0.3) is 0 Å². The lowest BCUT2D eigenvalue weighted by molar-refractivity contribution is 0.410. The van der Waals surface area contributed by atoms with Gasteiger partial charge in [-0.3, -0.25) is 0 Å². The molecule has 3 heteroatoms. The van der Waals surface area contributed by atoms with Crippen LogP contribution in [-0.4, -0.2) is 12.6 Å². The zero-order chi connectivity index (χ0) is 10.9. The summed E-state index contributed by atoms with van der Waals surface area (Å²) in [7, 11) is 1.54. The highest BCUT2D eigenvalue weighted by molar-refractivity contribution is 5.29. The Balaban J connectivity index is 2.01. The molecule has 1 aliphatic carbocycles. The van der Waals surface area contributed by atoms with Crippen molar-refractivity contribution in [3.63, 3.8) is 0 Å². The summed E-state index contributed by atoms with van der Waals surface area (Å²) >= 11 is 0. The fourth-order valence-electron chi connectivity index (χ4n) is 1.47. The van der Waals surface area contributed by atoms with E-state index in [1.54, 1.807) is 12.1 Å². The largest absolute Gasteiger partial charge is 0.497 e. The minimum absolute atomic E-state index is 0.203. The highest BCUT2D eigenvalue weighted by atomic mass is 19.1. The van der Waals surface area contributed by atoms with Gasteiger partial charge < -0.3 is 10.1 Å². The summed E-state index contributed by atoms with van der Waals surface area (Å²) in [5, 5.41) is 3.35. The van der Waals surface area contributed by atoms with Crippen LogP contribution in [0.5, 0.6) is 5.75 Å². The van der Waals surface area contributed by atoms with E-state index in [0.717, 1.165) is 0 Å². The van der Waals surface area contributed by atoms with Gasteiger partial charge in [0.2, 0.25) is 0 Å². The maximum atomic E-state index is 13.5. The average Bonchev–Trinajstić information content (AvgIpc) is 2.95. The molecule has 0 bridgehead atoms. The third-order valence-electron chi connectivity index (χ3n) is 2.97. The third-order valence-corrected chi connectivity index (χ3v) is 2.97. The molecule has 1 aromatic carbocycles. The average molecular weight is 209 g/mol. The van der Waals surface area contributed by atoms with Crippen LogP contribution in [0.2, 0.25) is 0 Å². The summed E-state index contributed by atoms with van der Waals surface area (Å²) in [5.41, 5.74) is 0.941. The summed E-state index contributed by atoms with van der Waals surface area (Å²) in [5.74, 6) is 0.361. The minimum atomic E-state index is -0.203. The molecule has 1 fully saturated rings. The van der Waals surface area contributed by atoms with Crippen LogP contribution in [0.4, 0.5) is 4.39 Å². The topological polar surface area (TPSA) is 21.3 Å². The molecule has 0 aromatic heterocycles. The van der Waals surface area contributed by atoms with Crippen LogP contribution in [0.3, 0.4) is 0 Å². The Kier molecular flexibility index (Phi) is 2.65. The van der Waals surface area contributed by atoms with Crippen LogP contribution in [0.15, 0.2) is 18.2 Å². The van der Waals surface area contributed by atoms with E-state index in [0.29, 0.717) is 17.9 Å². The van der Waals surface area contributed by atoms with Gasteiger partial charge in [0.15, 0.2) is 0 Å². The molecule has 0 radical (unpaired) electrons. The fourth-order valence-corrected chi connectivity index (χ4v) is 1.47. The highest BCUT2D eigenvalue weighted by Crippen LogP contribution is 2.34. The molecular weight excluding hydrogens is 193 g/mol. The van der Waals surface area contributed by atoms with E-state index in [-0.39, 0.29) is 11.4 Å². The Morgan fingerprint density at radius 3 is 2.73 bits per heavy atom. The normalized spacial score (nSPS) is 17.5. The molecule has 1 saturated carbocycles. The van der Waals surface area contributed by atoms with E-state index >= 15 is 0 Å². The second kappa shape index (κ2) is 3.81. The van der Waals surface area contributed by atoms with Gasteiger partial charge in [-0.2, -0.15) is 0 Å². The van der Waals surface area contributed by atoms with Gasteiger partial charge in [0.25, 0.3) is 0 Å². The van der Waals surface area contributed by atoms with Crippen molar-refractivity contribution in [2.45, 2.75) is 31.8 Å². The van der Waals surface area contributed by atoms with Crippen molar-refractivity contribution >= 4 is 0 Å². The van der Waals surface area contributed by atoms with Gasteiger partial charge in [0.1, 0.15) is 11.6 Å². The summed E-state index contributed by atoms with van der Waals surface area (Å²) in [6.07, 6.45) is 2.37. The molecule has 1 aliphatic rings. The van der Waals surface area contributed by atoms with Crippen molar-refractivity contribution in [1.82, 2.24) is 5.32 Å². The number of hydrogen-bond donors (Lipinski definition) is 1. The maximum absolute atomic E-state index is 13.5. The molecule has 0 spiro atoms. The van der Waals surface area contributed by atoms with Gasteiger partial charge in [-0.05, 0) is 25.8 Å². The van der Waals surface area contributed by atoms with Crippen LogP contribution in [-0.2, 0) is 6.54 Å². The molecule has 82 valence electrons. The first-order valence-corrected chi connectivity index (χ1v) is 5.20. The van der Waals surface area contributed by atoms with Crippen molar-refractivity contribution in [3.05, 3.63) is 29.6 Å². The molecule has 0 amide bonds. The van der Waals surface area contributed by atoms with Gasteiger partial charge in [-0.15, -0.1) is 0 Å². The first kappa shape index (κ1) is 10.4. The SMILES string of the molecule is COc1ccc(CNC2(C)CC2)c(F)c1. The van der Waals surface area contributed by atoms with Crippen molar-refractivity contribution in [2.75, 3.05) is 7.11 Å². The van der Waals surface area contributed by atoms with E-state index < -0.39 is 0 Å². The molecule has 0 atom stereocenters. The first-order valence-electron chi connectivity index (χ1n) is 5.20. The molecular formula is C12H16FNO.